The highest BCUT2D eigenvalue weighted by Crippen LogP contribution is 2.23. The smallest absolute Gasteiger partial charge is 0.247 e. The molecule has 2 heterocycles. The van der Waals surface area contributed by atoms with Gasteiger partial charge in [0.2, 0.25) is 11.9 Å². The number of aromatic nitrogens is 3. The van der Waals surface area contributed by atoms with Gasteiger partial charge in [-0.3, -0.25) is 4.79 Å². The Morgan fingerprint density at radius 3 is 2.49 bits per heavy atom. The first-order valence-electron chi connectivity index (χ1n) is 10.9. The van der Waals surface area contributed by atoms with Crippen LogP contribution in [0.2, 0.25) is 0 Å². The molecule has 3 aromatic carbocycles. The summed E-state index contributed by atoms with van der Waals surface area (Å²) in [5.74, 6) is -0.295. The lowest BCUT2D eigenvalue weighted by molar-refractivity contribution is -0.115. The fourth-order valence-corrected chi connectivity index (χ4v) is 3.68. The summed E-state index contributed by atoms with van der Waals surface area (Å²) in [5.41, 5.74) is 4.62. The van der Waals surface area contributed by atoms with E-state index in [0.29, 0.717) is 34.1 Å². The normalized spacial score (nSPS) is 10.6. The molecule has 0 aliphatic rings. The maximum atomic E-state index is 13.8. The number of nitrogens with one attached hydrogen (secondary N) is 2. The van der Waals surface area contributed by atoms with Crippen molar-refractivity contribution in [1.82, 2.24) is 14.6 Å². The second-order valence-electron chi connectivity index (χ2n) is 7.83. The highest BCUT2D eigenvalue weighted by molar-refractivity contribution is 5.92. The number of carbonyl (C=O) groups is 1. The Morgan fingerprint density at radius 1 is 0.943 bits per heavy atom. The number of fused-ring (bicyclic) bond motifs is 1. The number of halogens is 1. The minimum absolute atomic E-state index is 0.0351. The number of hydrogen-bond acceptors (Lipinski definition) is 5. The topological polar surface area (TPSA) is 95.1 Å². The number of anilines is 3. The van der Waals surface area contributed by atoms with E-state index in [2.05, 4.69) is 26.8 Å². The van der Waals surface area contributed by atoms with Gasteiger partial charge in [0.1, 0.15) is 11.9 Å². The molecule has 170 valence electrons. The average molecular weight is 462 g/mol. The molecule has 8 heteroatoms. The molecule has 0 fully saturated rings. The van der Waals surface area contributed by atoms with Crippen LogP contribution in [0.15, 0.2) is 91.1 Å². The van der Waals surface area contributed by atoms with Crippen molar-refractivity contribution in [3.05, 3.63) is 108 Å². The zero-order valence-electron chi connectivity index (χ0n) is 18.4. The molecular weight excluding hydrogens is 443 g/mol. The lowest BCUT2D eigenvalue weighted by Gasteiger charge is -2.08. The van der Waals surface area contributed by atoms with E-state index in [1.165, 1.54) is 6.07 Å². The van der Waals surface area contributed by atoms with Gasteiger partial charge in [0.15, 0.2) is 5.65 Å². The first-order valence-corrected chi connectivity index (χ1v) is 10.9. The minimum Gasteiger partial charge on any atom is -0.326 e. The quantitative estimate of drug-likeness (QED) is 0.356. The van der Waals surface area contributed by atoms with Crippen molar-refractivity contribution in [2.75, 3.05) is 10.6 Å². The van der Waals surface area contributed by atoms with Crippen molar-refractivity contribution in [2.24, 2.45) is 0 Å². The Labute approximate surface area is 200 Å². The molecular formula is C27H19FN6O. The van der Waals surface area contributed by atoms with E-state index in [4.69, 9.17) is 0 Å². The standard InChI is InChI=1S/C27H19FN6O/c28-23-7-3-1-5-19(23)15-26(35)30-22-12-9-18(10-13-22)21-11-14-25-32-27(33-34(25)17-21)31-24-8-4-2-6-20(24)16-29/h1-14,17H,15H2,(H,30,35)(H,31,33). The van der Waals surface area contributed by atoms with Crippen LogP contribution in [0.3, 0.4) is 0 Å². The van der Waals surface area contributed by atoms with Gasteiger partial charge in [-0.2, -0.15) is 10.2 Å². The molecule has 0 radical (unpaired) electrons. The Hall–Kier alpha value is -5.03. The fraction of sp³-hybridized carbons (Fsp3) is 0.0370. The van der Waals surface area contributed by atoms with E-state index in [0.717, 1.165) is 11.1 Å². The van der Waals surface area contributed by atoms with Crippen LogP contribution in [-0.4, -0.2) is 20.5 Å². The van der Waals surface area contributed by atoms with Crippen LogP contribution in [0.1, 0.15) is 11.1 Å². The van der Waals surface area contributed by atoms with Gasteiger partial charge in [-0.05, 0) is 53.6 Å². The summed E-state index contributed by atoms with van der Waals surface area (Å²) < 4.78 is 15.4. The Bertz CT molecular complexity index is 1570. The summed E-state index contributed by atoms with van der Waals surface area (Å²) in [5, 5.41) is 19.6. The minimum atomic E-state index is -0.394. The molecule has 0 aliphatic heterocycles. The van der Waals surface area contributed by atoms with Gasteiger partial charge in [0.25, 0.3) is 0 Å². The summed E-state index contributed by atoms with van der Waals surface area (Å²) >= 11 is 0. The highest BCUT2D eigenvalue weighted by atomic mass is 19.1. The van der Waals surface area contributed by atoms with Crippen molar-refractivity contribution >= 4 is 28.9 Å². The van der Waals surface area contributed by atoms with Crippen molar-refractivity contribution < 1.29 is 9.18 Å². The Kier molecular flexibility index (Phi) is 5.89. The predicted molar refractivity (Wildman–Crippen MR) is 132 cm³/mol. The third-order valence-electron chi connectivity index (χ3n) is 5.44. The van der Waals surface area contributed by atoms with Gasteiger partial charge in [-0.1, -0.05) is 42.5 Å². The van der Waals surface area contributed by atoms with Crippen LogP contribution < -0.4 is 10.6 Å². The Morgan fingerprint density at radius 2 is 1.69 bits per heavy atom. The van der Waals surface area contributed by atoms with Crippen LogP contribution >= 0.6 is 0 Å². The zero-order valence-corrected chi connectivity index (χ0v) is 18.4. The lowest BCUT2D eigenvalue weighted by atomic mass is 10.1. The SMILES string of the molecule is N#Cc1ccccc1Nc1nc2ccc(-c3ccc(NC(=O)Cc4ccccc4F)cc3)cn2n1. The summed E-state index contributed by atoms with van der Waals surface area (Å²) in [7, 11) is 0. The summed E-state index contributed by atoms with van der Waals surface area (Å²) in [6, 6.07) is 26.7. The summed E-state index contributed by atoms with van der Waals surface area (Å²) in [6.45, 7) is 0. The molecule has 2 aromatic heterocycles. The molecule has 0 saturated carbocycles. The lowest BCUT2D eigenvalue weighted by Crippen LogP contribution is -2.15. The molecule has 1 amide bonds. The Balaban J connectivity index is 1.30. The number of amides is 1. The van der Waals surface area contributed by atoms with Crippen molar-refractivity contribution in [2.45, 2.75) is 6.42 Å². The van der Waals surface area contributed by atoms with Crippen LogP contribution in [0.25, 0.3) is 16.8 Å². The van der Waals surface area contributed by atoms with Gasteiger partial charge in [-0.15, -0.1) is 5.10 Å². The van der Waals surface area contributed by atoms with Gasteiger partial charge in [-0.25, -0.2) is 8.91 Å². The van der Waals surface area contributed by atoms with Crippen molar-refractivity contribution in [3.8, 4) is 17.2 Å². The van der Waals surface area contributed by atoms with Crippen LogP contribution in [-0.2, 0) is 11.2 Å². The number of pyridine rings is 1. The van der Waals surface area contributed by atoms with E-state index in [9.17, 15) is 14.4 Å². The zero-order chi connectivity index (χ0) is 24.2. The number of carbonyl (C=O) groups excluding carboxylic acids is 1. The molecule has 7 nitrogen and oxygen atoms in total. The maximum absolute atomic E-state index is 13.8. The molecule has 35 heavy (non-hydrogen) atoms. The van der Waals surface area contributed by atoms with Gasteiger partial charge < -0.3 is 10.6 Å². The molecule has 0 saturated heterocycles. The largest absolute Gasteiger partial charge is 0.326 e. The van der Waals surface area contributed by atoms with Crippen molar-refractivity contribution in [1.29, 1.82) is 5.26 Å². The van der Waals surface area contributed by atoms with Crippen LogP contribution in [0.4, 0.5) is 21.7 Å². The third kappa shape index (κ3) is 4.84. The fourth-order valence-electron chi connectivity index (χ4n) is 3.68. The highest BCUT2D eigenvalue weighted by Gasteiger charge is 2.10. The van der Waals surface area contributed by atoms with E-state index >= 15 is 0 Å². The van der Waals surface area contributed by atoms with E-state index in [1.807, 2.05) is 36.5 Å². The number of nitrogens with zero attached hydrogens (tertiary/aromatic N) is 4. The van der Waals surface area contributed by atoms with Gasteiger partial charge >= 0.3 is 0 Å². The second kappa shape index (κ2) is 9.45. The van der Waals surface area contributed by atoms with Crippen LogP contribution in [0.5, 0.6) is 0 Å². The van der Waals surface area contributed by atoms with Gasteiger partial charge in [0.05, 0.1) is 17.7 Å². The molecule has 5 aromatic rings. The first-order chi connectivity index (χ1) is 17.1. The molecule has 0 bridgehead atoms. The van der Waals surface area contributed by atoms with Gasteiger partial charge in [0, 0.05) is 17.4 Å². The molecule has 0 unspecified atom stereocenters. The molecule has 0 aliphatic carbocycles. The number of para-hydroxylation sites is 1. The number of nitriles is 1. The number of rotatable bonds is 6. The molecule has 2 N–H and O–H groups in total. The summed E-state index contributed by atoms with van der Waals surface area (Å²) in [6.07, 6.45) is 1.82. The van der Waals surface area contributed by atoms with Crippen molar-refractivity contribution in [3.63, 3.8) is 0 Å². The molecule has 0 spiro atoms. The summed E-state index contributed by atoms with van der Waals surface area (Å²) in [4.78, 5) is 16.8. The van der Waals surface area contributed by atoms with E-state index < -0.39 is 5.82 Å². The maximum Gasteiger partial charge on any atom is 0.247 e. The molecule has 5 rings (SSSR count). The first kappa shape index (κ1) is 21.8. The van der Waals surface area contributed by atoms with E-state index in [-0.39, 0.29) is 12.3 Å². The number of benzene rings is 3. The molecule has 0 atom stereocenters. The third-order valence-corrected chi connectivity index (χ3v) is 5.44. The predicted octanol–water partition coefficient (Wildman–Crippen LogP) is 5.33. The van der Waals surface area contributed by atoms with E-state index in [1.54, 1.807) is 53.0 Å². The average Bonchev–Trinajstić information content (AvgIpc) is 3.28. The van der Waals surface area contributed by atoms with Crippen LogP contribution in [0, 0.1) is 17.1 Å². The second-order valence-corrected chi connectivity index (χ2v) is 7.83. The monoisotopic (exact) mass is 462 g/mol. The number of hydrogen-bond donors (Lipinski definition) is 2.